The summed E-state index contributed by atoms with van der Waals surface area (Å²) in [6, 6.07) is 8.55. The van der Waals surface area contributed by atoms with Crippen molar-refractivity contribution >= 4 is 10.8 Å². The fraction of sp³-hybridized carbons (Fsp3) is 0.400. The lowest BCUT2D eigenvalue weighted by Crippen LogP contribution is -1.98. The van der Waals surface area contributed by atoms with Crippen molar-refractivity contribution in [3.8, 4) is 0 Å². The quantitative estimate of drug-likeness (QED) is 0.727. The van der Waals surface area contributed by atoms with Gasteiger partial charge in [-0.25, -0.2) is 0 Å². The molecule has 1 aromatic heterocycles. The first-order chi connectivity index (χ1) is 7.86. The van der Waals surface area contributed by atoms with E-state index in [9.17, 15) is 0 Å². The molecule has 0 aliphatic rings. The number of rotatable bonds is 4. The van der Waals surface area contributed by atoms with Crippen molar-refractivity contribution < 1.29 is 0 Å². The van der Waals surface area contributed by atoms with Crippen LogP contribution in [-0.2, 0) is 0 Å². The van der Waals surface area contributed by atoms with E-state index in [1.807, 2.05) is 12.4 Å². The third-order valence-corrected chi connectivity index (χ3v) is 3.27. The van der Waals surface area contributed by atoms with Crippen LogP contribution in [0.15, 0.2) is 36.7 Å². The van der Waals surface area contributed by atoms with Crippen LogP contribution in [0.25, 0.3) is 10.8 Å². The molecule has 0 aliphatic heterocycles. The third-order valence-electron chi connectivity index (χ3n) is 3.27. The zero-order valence-corrected chi connectivity index (χ0v) is 10.1. The van der Waals surface area contributed by atoms with E-state index in [0.29, 0.717) is 5.92 Å². The fourth-order valence-electron chi connectivity index (χ4n) is 2.39. The summed E-state index contributed by atoms with van der Waals surface area (Å²) in [6.07, 6.45) is 7.70. The predicted octanol–water partition coefficient (Wildman–Crippen LogP) is 4.53. The Morgan fingerprint density at radius 3 is 2.69 bits per heavy atom. The van der Waals surface area contributed by atoms with Gasteiger partial charge in [-0.1, -0.05) is 44.5 Å². The van der Waals surface area contributed by atoms with Crippen LogP contribution in [0.4, 0.5) is 0 Å². The molecule has 0 amide bonds. The molecule has 2 rings (SSSR count). The first-order valence-electron chi connectivity index (χ1n) is 6.19. The van der Waals surface area contributed by atoms with E-state index in [0.717, 1.165) is 0 Å². The van der Waals surface area contributed by atoms with Gasteiger partial charge in [0.15, 0.2) is 0 Å². The molecule has 1 unspecified atom stereocenters. The molecule has 0 N–H and O–H groups in total. The van der Waals surface area contributed by atoms with Gasteiger partial charge in [-0.15, -0.1) is 0 Å². The van der Waals surface area contributed by atoms with E-state index in [2.05, 4.69) is 43.1 Å². The molecule has 1 heteroatoms. The number of aromatic nitrogens is 1. The third kappa shape index (κ3) is 2.08. The van der Waals surface area contributed by atoms with Gasteiger partial charge in [-0.3, -0.25) is 4.98 Å². The summed E-state index contributed by atoms with van der Waals surface area (Å²) >= 11 is 0. The van der Waals surface area contributed by atoms with Crippen molar-refractivity contribution in [3.05, 3.63) is 42.2 Å². The molecule has 1 atom stereocenters. The molecule has 1 nitrogen and oxygen atoms in total. The average molecular weight is 213 g/mol. The molecule has 1 heterocycles. The number of fused-ring (bicyclic) bond motifs is 1. The Hall–Kier alpha value is -1.37. The standard InChI is InChI=1S/C15H19N/c1-3-7-12(4-2)15-11-16-10-13-8-5-6-9-14(13)15/h5-6,8-12H,3-4,7H2,1-2H3. The minimum atomic E-state index is 0.656. The van der Waals surface area contributed by atoms with Gasteiger partial charge in [0.1, 0.15) is 0 Å². The summed E-state index contributed by atoms with van der Waals surface area (Å²) in [5.74, 6) is 0.656. The lowest BCUT2D eigenvalue weighted by molar-refractivity contribution is 0.598. The Bertz CT molecular complexity index is 456. The molecule has 0 fully saturated rings. The highest BCUT2D eigenvalue weighted by Gasteiger charge is 2.11. The average Bonchev–Trinajstić information content (AvgIpc) is 2.35. The largest absolute Gasteiger partial charge is 0.264 e. The van der Waals surface area contributed by atoms with Crippen molar-refractivity contribution in [2.45, 2.75) is 39.0 Å². The number of hydrogen-bond donors (Lipinski definition) is 0. The minimum absolute atomic E-state index is 0.656. The Kier molecular flexibility index (Phi) is 3.55. The lowest BCUT2D eigenvalue weighted by Gasteiger charge is -2.16. The van der Waals surface area contributed by atoms with Crippen molar-refractivity contribution in [3.63, 3.8) is 0 Å². The second-order valence-electron chi connectivity index (χ2n) is 4.34. The second kappa shape index (κ2) is 5.11. The molecular weight excluding hydrogens is 194 g/mol. The monoisotopic (exact) mass is 213 g/mol. The Morgan fingerprint density at radius 1 is 1.12 bits per heavy atom. The highest BCUT2D eigenvalue weighted by atomic mass is 14.6. The zero-order chi connectivity index (χ0) is 11.4. The summed E-state index contributed by atoms with van der Waals surface area (Å²) in [4.78, 5) is 4.36. The Labute approximate surface area is 97.5 Å². The molecule has 0 bridgehead atoms. The van der Waals surface area contributed by atoms with Gasteiger partial charge in [0, 0.05) is 17.8 Å². The van der Waals surface area contributed by atoms with E-state index in [1.165, 1.54) is 35.6 Å². The number of pyridine rings is 1. The van der Waals surface area contributed by atoms with Crippen LogP contribution in [0.3, 0.4) is 0 Å². The number of nitrogens with zero attached hydrogens (tertiary/aromatic N) is 1. The Morgan fingerprint density at radius 2 is 1.94 bits per heavy atom. The predicted molar refractivity (Wildman–Crippen MR) is 69.7 cm³/mol. The van der Waals surface area contributed by atoms with Gasteiger partial charge in [-0.2, -0.15) is 0 Å². The highest BCUT2D eigenvalue weighted by Crippen LogP contribution is 2.29. The summed E-state index contributed by atoms with van der Waals surface area (Å²) in [5, 5.41) is 2.63. The van der Waals surface area contributed by atoms with E-state index >= 15 is 0 Å². The molecule has 0 saturated carbocycles. The summed E-state index contributed by atoms with van der Waals surface area (Å²) < 4.78 is 0. The number of hydrogen-bond acceptors (Lipinski definition) is 1. The topological polar surface area (TPSA) is 12.9 Å². The molecule has 0 radical (unpaired) electrons. The van der Waals surface area contributed by atoms with E-state index in [-0.39, 0.29) is 0 Å². The Balaban J connectivity index is 2.50. The van der Waals surface area contributed by atoms with Crippen molar-refractivity contribution in [2.75, 3.05) is 0 Å². The van der Waals surface area contributed by atoms with Crippen LogP contribution in [0.1, 0.15) is 44.6 Å². The molecule has 1 aromatic carbocycles. The first kappa shape index (κ1) is 11.1. The maximum absolute atomic E-state index is 4.36. The maximum Gasteiger partial charge on any atom is 0.0346 e. The van der Waals surface area contributed by atoms with E-state index in [1.54, 1.807) is 0 Å². The van der Waals surface area contributed by atoms with Crippen LogP contribution in [0, 0.1) is 0 Å². The lowest BCUT2D eigenvalue weighted by atomic mass is 9.90. The van der Waals surface area contributed by atoms with Crippen LogP contribution in [-0.4, -0.2) is 4.98 Å². The molecule has 0 spiro atoms. The highest BCUT2D eigenvalue weighted by molar-refractivity contribution is 5.85. The first-order valence-corrected chi connectivity index (χ1v) is 6.19. The molecular formula is C15H19N. The summed E-state index contributed by atoms with van der Waals surface area (Å²) in [7, 11) is 0. The smallest absolute Gasteiger partial charge is 0.0346 e. The van der Waals surface area contributed by atoms with Gasteiger partial charge in [0.05, 0.1) is 0 Å². The van der Waals surface area contributed by atoms with Crippen LogP contribution in [0.5, 0.6) is 0 Å². The van der Waals surface area contributed by atoms with Gasteiger partial charge >= 0.3 is 0 Å². The summed E-state index contributed by atoms with van der Waals surface area (Å²) in [6.45, 7) is 4.52. The molecule has 2 aromatic rings. The van der Waals surface area contributed by atoms with E-state index < -0.39 is 0 Å². The van der Waals surface area contributed by atoms with Crippen molar-refractivity contribution in [1.82, 2.24) is 4.98 Å². The van der Waals surface area contributed by atoms with Crippen LogP contribution in [0.2, 0.25) is 0 Å². The van der Waals surface area contributed by atoms with Gasteiger partial charge in [0.2, 0.25) is 0 Å². The maximum atomic E-state index is 4.36. The summed E-state index contributed by atoms with van der Waals surface area (Å²) in [5.41, 5.74) is 1.42. The van der Waals surface area contributed by atoms with Crippen molar-refractivity contribution in [2.24, 2.45) is 0 Å². The SMILES string of the molecule is CCCC(CC)c1cncc2ccccc12. The normalized spacial score (nSPS) is 12.9. The fourth-order valence-corrected chi connectivity index (χ4v) is 2.39. The van der Waals surface area contributed by atoms with Crippen LogP contribution < -0.4 is 0 Å². The second-order valence-corrected chi connectivity index (χ2v) is 4.34. The van der Waals surface area contributed by atoms with Gasteiger partial charge in [0.25, 0.3) is 0 Å². The molecule has 0 saturated heterocycles. The molecule has 84 valence electrons. The molecule has 16 heavy (non-hydrogen) atoms. The van der Waals surface area contributed by atoms with Crippen molar-refractivity contribution in [1.29, 1.82) is 0 Å². The number of benzene rings is 1. The minimum Gasteiger partial charge on any atom is -0.264 e. The van der Waals surface area contributed by atoms with Crippen LogP contribution >= 0.6 is 0 Å². The molecule has 0 aliphatic carbocycles. The zero-order valence-electron chi connectivity index (χ0n) is 10.1. The van der Waals surface area contributed by atoms with E-state index in [4.69, 9.17) is 0 Å². The van der Waals surface area contributed by atoms with Gasteiger partial charge < -0.3 is 0 Å². The van der Waals surface area contributed by atoms with Gasteiger partial charge in [-0.05, 0) is 29.7 Å².